The highest BCUT2D eigenvalue weighted by Gasteiger charge is 2.33. The molecule has 4 heterocycles. The van der Waals surface area contributed by atoms with Gasteiger partial charge in [0.05, 0.1) is 0 Å². The predicted molar refractivity (Wildman–Crippen MR) is 107 cm³/mol. The Morgan fingerprint density at radius 3 is 2.73 bits per heavy atom. The molecule has 144 valence electrons. The van der Waals surface area contributed by atoms with Gasteiger partial charge in [-0.1, -0.05) is 24.6 Å². The molecule has 26 heavy (non-hydrogen) atoms. The van der Waals surface area contributed by atoms with E-state index in [1.54, 1.807) is 0 Å². The highest BCUT2D eigenvalue weighted by molar-refractivity contribution is 5.33. The van der Waals surface area contributed by atoms with Crippen molar-refractivity contribution in [1.29, 1.82) is 0 Å². The summed E-state index contributed by atoms with van der Waals surface area (Å²) in [4.78, 5) is 7.80. The summed E-state index contributed by atoms with van der Waals surface area (Å²) in [6.07, 6.45) is 6.85. The van der Waals surface area contributed by atoms with E-state index in [1.165, 1.54) is 70.4 Å². The average molecular weight is 358 g/mol. The molecular weight excluding hydrogens is 322 g/mol. The van der Waals surface area contributed by atoms with Crippen LogP contribution < -0.4 is 4.74 Å². The Labute approximate surface area is 159 Å². The third-order valence-electron chi connectivity index (χ3n) is 6.47. The van der Waals surface area contributed by atoms with Crippen molar-refractivity contribution < 1.29 is 4.74 Å². The lowest BCUT2D eigenvalue weighted by atomic mass is 9.94. The first-order valence-electron chi connectivity index (χ1n) is 10.6. The first-order chi connectivity index (χ1) is 12.8. The summed E-state index contributed by atoms with van der Waals surface area (Å²) >= 11 is 0. The summed E-state index contributed by atoms with van der Waals surface area (Å²) < 4.78 is 6.24. The molecule has 2 atom stereocenters. The van der Waals surface area contributed by atoms with Crippen LogP contribution in [0.5, 0.6) is 5.75 Å². The van der Waals surface area contributed by atoms with Gasteiger partial charge in [-0.05, 0) is 57.8 Å². The van der Waals surface area contributed by atoms with Crippen LogP contribution in [0.4, 0.5) is 0 Å². The third kappa shape index (κ3) is 4.59. The van der Waals surface area contributed by atoms with Crippen molar-refractivity contribution in [2.45, 2.75) is 44.7 Å². The van der Waals surface area contributed by atoms with Gasteiger partial charge in [0, 0.05) is 44.3 Å². The maximum absolute atomic E-state index is 6.24. The van der Waals surface area contributed by atoms with Gasteiger partial charge in [0.1, 0.15) is 12.4 Å². The van der Waals surface area contributed by atoms with Crippen LogP contribution in [0.25, 0.3) is 0 Å². The zero-order valence-electron chi connectivity index (χ0n) is 16.4. The molecule has 0 spiro atoms. The number of nitrogens with zero attached hydrogens (tertiary/aromatic N) is 3. The van der Waals surface area contributed by atoms with Crippen molar-refractivity contribution in [3.05, 3.63) is 29.8 Å². The fourth-order valence-electron chi connectivity index (χ4n) is 5.07. The van der Waals surface area contributed by atoms with E-state index in [1.807, 2.05) is 0 Å². The largest absolute Gasteiger partial charge is 0.492 e. The van der Waals surface area contributed by atoms with Crippen molar-refractivity contribution in [2.75, 3.05) is 52.9 Å². The van der Waals surface area contributed by atoms with Gasteiger partial charge in [-0.25, -0.2) is 0 Å². The zero-order valence-corrected chi connectivity index (χ0v) is 16.4. The van der Waals surface area contributed by atoms with Crippen molar-refractivity contribution in [3.63, 3.8) is 0 Å². The minimum absolute atomic E-state index is 0.708. The lowest BCUT2D eigenvalue weighted by Crippen LogP contribution is -2.43. The Hall–Kier alpha value is -1.10. The molecule has 0 amide bonds. The van der Waals surface area contributed by atoms with Gasteiger partial charge in [0.15, 0.2) is 0 Å². The van der Waals surface area contributed by atoms with Crippen LogP contribution in [0.2, 0.25) is 0 Å². The average Bonchev–Trinajstić information content (AvgIpc) is 2.93. The van der Waals surface area contributed by atoms with E-state index in [0.29, 0.717) is 6.04 Å². The van der Waals surface area contributed by atoms with Crippen LogP contribution in [-0.2, 0) is 6.54 Å². The van der Waals surface area contributed by atoms with Gasteiger partial charge in [0.25, 0.3) is 0 Å². The number of piperidine rings is 2. The molecule has 4 aliphatic rings. The highest BCUT2D eigenvalue weighted by Crippen LogP contribution is 2.30. The molecule has 4 heteroatoms. The molecule has 2 bridgehead atoms. The van der Waals surface area contributed by atoms with Gasteiger partial charge in [-0.2, -0.15) is 0 Å². The molecule has 0 radical (unpaired) electrons. The maximum atomic E-state index is 6.24. The number of likely N-dealkylation sites (N-methyl/N-ethyl adjacent to an activating group) is 1. The van der Waals surface area contributed by atoms with E-state index in [2.05, 4.69) is 46.0 Å². The first-order valence-corrected chi connectivity index (χ1v) is 10.6. The van der Waals surface area contributed by atoms with Crippen molar-refractivity contribution >= 4 is 0 Å². The number of likely N-dealkylation sites (tertiary alicyclic amines) is 1. The number of benzene rings is 1. The predicted octanol–water partition coefficient (Wildman–Crippen LogP) is 3.08. The Balaban J connectivity index is 1.35. The second-order valence-electron chi connectivity index (χ2n) is 8.61. The van der Waals surface area contributed by atoms with Crippen LogP contribution in [0, 0.1) is 5.92 Å². The molecule has 0 unspecified atom stereocenters. The molecule has 1 aromatic rings. The normalized spacial score (nSPS) is 28.2. The van der Waals surface area contributed by atoms with Gasteiger partial charge >= 0.3 is 0 Å². The molecule has 0 saturated carbocycles. The summed E-state index contributed by atoms with van der Waals surface area (Å²) in [6, 6.07) is 9.41. The summed E-state index contributed by atoms with van der Waals surface area (Å²) in [5.41, 5.74) is 1.36. The van der Waals surface area contributed by atoms with Gasteiger partial charge in [-0.15, -0.1) is 0 Å². The Morgan fingerprint density at radius 1 is 1.00 bits per heavy atom. The second-order valence-corrected chi connectivity index (χ2v) is 8.61. The Kier molecular flexibility index (Phi) is 6.13. The fraction of sp³-hybridized carbons (Fsp3) is 0.727. The highest BCUT2D eigenvalue weighted by atomic mass is 16.5. The molecule has 4 fully saturated rings. The quantitative estimate of drug-likeness (QED) is 0.779. The molecule has 0 N–H and O–H groups in total. The monoisotopic (exact) mass is 357 g/mol. The number of rotatable bonds is 6. The van der Waals surface area contributed by atoms with E-state index in [9.17, 15) is 0 Å². The van der Waals surface area contributed by atoms with Crippen LogP contribution in [0.3, 0.4) is 0 Å². The van der Waals surface area contributed by atoms with E-state index < -0.39 is 0 Å². The van der Waals surface area contributed by atoms with Crippen LogP contribution in [0.15, 0.2) is 24.3 Å². The maximum Gasteiger partial charge on any atom is 0.123 e. The number of ether oxygens (including phenoxy) is 1. The van der Waals surface area contributed by atoms with Crippen LogP contribution >= 0.6 is 0 Å². The first kappa shape index (κ1) is 18.3. The SMILES string of the molecule is CN1C[C@@H]2CC[C@H](C1)N(Cc1ccccc1OCCN1CCCCC1)C2. The summed E-state index contributed by atoms with van der Waals surface area (Å²) in [5, 5.41) is 0. The molecular formula is C22H35N3O. The van der Waals surface area contributed by atoms with Gasteiger partial charge in [-0.3, -0.25) is 9.80 Å². The molecule has 1 aromatic carbocycles. The minimum atomic E-state index is 0.708. The van der Waals surface area contributed by atoms with Crippen molar-refractivity contribution in [1.82, 2.24) is 14.7 Å². The third-order valence-corrected chi connectivity index (χ3v) is 6.47. The Bertz CT molecular complexity index is 572. The standard InChI is InChI=1S/C22H35N3O/c1-23-15-19-9-10-21(18-23)25(16-19)17-20-7-3-4-8-22(20)26-14-13-24-11-5-2-6-12-24/h3-4,7-8,19,21H,2,5-6,9-18H2,1H3/t19-,21+/m0/s1. The van der Waals surface area contributed by atoms with Gasteiger partial charge in [0.2, 0.25) is 0 Å². The lowest BCUT2D eigenvalue weighted by molar-refractivity contribution is 0.122. The summed E-state index contributed by atoms with van der Waals surface area (Å²) in [7, 11) is 2.28. The number of fused-ring (bicyclic) bond motifs is 4. The van der Waals surface area contributed by atoms with Crippen molar-refractivity contribution in [3.8, 4) is 5.75 Å². The number of para-hydroxylation sites is 1. The number of hydrogen-bond donors (Lipinski definition) is 0. The number of hydrogen-bond acceptors (Lipinski definition) is 4. The van der Waals surface area contributed by atoms with E-state index in [4.69, 9.17) is 4.74 Å². The van der Waals surface area contributed by atoms with E-state index >= 15 is 0 Å². The minimum Gasteiger partial charge on any atom is -0.492 e. The second kappa shape index (κ2) is 8.73. The summed E-state index contributed by atoms with van der Waals surface area (Å²) in [6.45, 7) is 9.13. The molecule has 4 nitrogen and oxygen atoms in total. The molecule has 4 aliphatic heterocycles. The van der Waals surface area contributed by atoms with Gasteiger partial charge < -0.3 is 9.64 Å². The van der Waals surface area contributed by atoms with E-state index in [-0.39, 0.29) is 0 Å². The molecule has 0 aromatic heterocycles. The fourth-order valence-corrected chi connectivity index (χ4v) is 5.07. The van der Waals surface area contributed by atoms with Crippen molar-refractivity contribution in [2.24, 2.45) is 5.92 Å². The smallest absolute Gasteiger partial charge is 0.123 e. The molecule has 0 aliphatic carbocycles. The topological polar surface area (TPSA) is 19.0 Å². The van der Waals surface area contributed by atoms with Crippen LogP contribution in [0.1, 0.15) is 37.7 Å². The van der Waals surface area contributed by atoms with Crippen LogP contribution in [-0.4, -0.2) is 73.7 Å². The van der Waals surface area contributed by atoms with E-state index in [0.717, 1.165) is 31.4 Å². The molecule has 4 saturated heterocycles. The zero-order chi connectivity index (χ0) is 17.8. The molecule has 5 rings (SSSR count). The Morgan fingerprint density at radius 2 is 1.85 bits per heavy atom. The lowest BCUT2D eigenvalue weighted by Gasteiger charge is -2.36. The summed E-state index contributed by atoms with van der Waals surface area (Å²) in [5.74, 6) is 1.93.